The average molecular weight is 336 g/mol. The van der Waals surface area contributed by atoms with Crippen LogP contribution in [-0.4, -0.2) is 12.5 Å². The second kappa shape index (κ2) is 7.43. The van der Waals surface area contributed by atoms with E-state index in [9.17, 15) is 4.79 Å². The van der Waals surface area contributed by atoms with Crippen molar-refractivity contribution >= 4 is 23.4 Å². The molecule has 1 amide bonds. The van der Waals surface area contributed by atoms with E-state index in [4.69, 9.17) is 10.5 Å². The van der Waals surface area contributed by atoms with Gasteiger partial charge in [0.25, 0.3) is 5.91 Å². The van der Waals surface area contributed by atoms with Crippen LogP contribution in [0, 0.1) is 6.92 Å². The van der Waals surface area contributed by atoms with Crippen molar-refractivity contribution in [1.82, 2.24) is 0 Å². The number of hydrogen-bond donors (Lipinski definition) is 1. The molecule has 130 valence electrons. The maximum atomic E-state index is 13.0. The zero-order valence-corrected chi connectivity index (χ0v) is 14.8. The van der Waals surface area contributed by atoms with Gasteiger partial charge in [0.15, 0.2) is 11.5 Å². The van der Waals surface area contributed by atoms with Gasteiger partial charge in [0.05, 0.1) is 5.69 Å². The number of fused-ring (bicyclic) bond motifs is 1. The summed E-state index contributed by atoms with van der Waals surface area (Å²) in [6.45, 7) is 4.84. The molecule has 25 heavy (non-hydrogen) atoms. The van der Waals surface area contributed by atoms with Gasteiger partial charge < -0.3 is 15.4 Å². The Morgan fingerprint density at radius 1 is 1.16 bits per heavy atom. The highest BCUT2D eigenvalue weighted by molar-refractivity contribution is 6.10. The van der Waals surface area contributed by atoms with E-state index >= 15 is 0 Å². The lowest BCUT2D eigenvalue weighted by molar-refractivity contribution is -0.117. The van der Waals surface area contributed by atoms with Gasteiger partial charge in [-0.3, -0.25) is 4.79 Å². The van der Waals surface area contributed by atoms with Crippen LogP contribution < -0.4 is 15.4 Å². The zero-order chi connectivity index (χ0) is 17.8. The monoisotopic (exact) mass is 336 g/mol. The Hall–Kier alpha value is -2.75. The maximum absolute atomic E-state index is 13.0. The SMILES string of the molecule is CCCCCN1C(=O)/C(=C\c2cccc(C)c2)Oc2ccc(N)cc21. The summed E-state index contributed by atoms with van der Waals surface area (Å²) >= 11 is 0. The number of carbonyl (C=O) groups excluding carboxylic acids is 1. The van der Waals surface area contributed by atoms with Crippen LogP contribution in [0.1, 0.15) is 37.3 Å². The molecule has 0 spiro atoms. The smallest absolute Gasteiger partial charge is 0.294 e. The zero-order valence-electron chi connectivity index (χ0n) is 14.8. The number of carbonyl (C=O) groups is 1. The van der Waals surface area contributed by atoms with Crippen molar-refractivity contribution in [3.05, 3.63) is 59.4 Å². The largest absolute Gasteiger partial charge is 0.449 e. The molecule has 0 saturated carbocycles. The number of unbranched alkanes of at least 4 members (excludes halogenated alkanes) is 2. The van der Waals surface area contributed by atoms with Crippen molar-refractivity contribution in [2.24, 2.45) is 0 Å². The number of nitrogens with two attached hydrogens (primary N) is 1. The minimum Gasteiger partial charge on any atom is -0.449 e. The first kappa shape index (κ1) is 17.1. The number of amides is 1. The molecule has 0 fully saturated rings. The highest BCUT2D eigenvalue weighted by Gasteiger charge is 2.30. The third-order valence-corrected chi connectivity index (χ3v) is 4.27. The molecule has 2 aromatic carbocycles. The van der Waals surface area contributed by atoms with E-state index in [1.807, 2.05) is 43.3 Å². The molecule has 0 bridgehead atoms. The van der Waals surface area contributed by atoms with E-state index in [2.05, 4.69) is 6.92 Å². The van der Waals surface area contributed by atoms with Gasteiger partial charge in [-0.25, -0.2) is 0 Å². The first-order chi connectivity index (χ1) is 12.1. The number of ether oxygens (including phenoxy) is 1. The van der Waals surface area contributed by atoms with Crippen molar-refractivity contribution in [1.29, 1.82) is 0 Å². The summed E-state index contributed by atoms with van der Waals surface area (Å²) in [7, 11) is 0. The molecule has 2 N–H and O–H groups in total. The quantitative estimate of drug-likeness (QED) is 0.496. The van der Waals surface area contributed by atoms with Gasteiger partial charge in [0, 0.05) is 12.2 Å². The van der Waals surface area contributed by atoms with Crippen molar-refractivity contribution in [3.63, 3.8) is 0 Å². The number of nitrogens with zero attached hydrogens (tertiary/aromatic N) is 1. The predicted octanol–water partition coefficient (Wildman–Crippen LogP) is 4.53. The second-order valence-electron chi connectivity index (χ2n) is 6.42. The molecule has 2 aromatic rings. The Morgan fingerprint density at radius 3 is 2.76 bits per heavy atom. The highest BCUT2D eigenvalue weighted by Crippen LogP contribution is 2.37. The fourth-order valence-corrected chi connectivity index (χ4v) is 2.98. The molecule has 0 aromatic heterocycles. The van der Waals surface area contributed by atoms with Crippen molar-refractivity contribution < 1.29 is 9.53 Å². The summed E-state index contributed by atoms with van der Waals surface area (Å²) in [6.07, 6.45) is 4.95. The van der Waals surface area contributed by atoms with Gasteiger partial charge in [0.2, 0.25) is 0 Å². The van der Waals surface area contributed by atoms with Crippen molar-refractivity contribution in [2.75, 3.05) is 17.2 Å². The second-order valence-corrected chi connectivity index (χ2v) is 6.42. The van der Waals surface area contributed by atoms with Crippen molar-refractivity contribution in [3.8, 4) is 5.75 Å². The van der Waals surface area contributed by atoms with E-state index in [0.717, 1.165) is 36.1 Å². The fraction of sp³-hybridized carbons (Fsp3) is 0.286. The Balaban J connectivity index is 1.97. The Kier molecular flexibility index (Phi) is 5.08. The number of rotatable bonds is 5. The van der Waals surface area contributed by atoms with E-state index in [-0.39, 0.29) is 5.91 Å². The summed E-state index contributed by atoms with van der Waals surface area (Å²) in [5, 5.41) is 0. The van der Waals surface area contributed by atoms with E-state index in [0.29, 0.717) is 23.7 Å². The molecule has 1 aliphatic heterocycles. The Bertz CT molecular complexity index is 811. The number of benzene rings is 2. The number of anilines is 2. The van der Waals surface area contributed by atoms with Gasteiger partial charge >= 0.3 is 0 Å². The summed E-state index contributed by atoms with van der Waals surface area (Å²) in [4.78, 5) is 14.8. The molecular weight excluding hydrogens is 312 g/mol. The lowest BCUT2D eigenvalue weighted by atomic mass is 10.1. The molecule has 3 rings (SSSR count). The molecule has 4 heteroatoms. The normalized spacial score (nSPS) is 15.2. The van der Waals surface area contributed by atoms with Gasteiger partial charge in [-0.1, -0.05) is 49.6 Å². The van der Waals surface area contributed by atoms with Gasteiger partial charge in [-0.2, -0.15) is 0 Å². The molecule has 0 atom stereocenters. The molecule has 1 aliphatic rings. The Labute approximate surface area is 148 Å². The van der Waals surface area contributed by atoms with Crippen LogP contribution in [0.4, 0.5) is 11.4 Å². The van der Waals surface area contributed by atoms with Crippen LogP contribution >= 0.6 is 0 Å². The highest BCUT2D eigenvalue weighted by atomic mass is 16.5. The number of hydrogen-bond acceptors (Lipinski definition) is 3. The molecule has 0 aliphatic carbocycles. The summed E-state index contributed by atoms with van der Waals surface area (Å²) < 4.78 is 5.89. The van der Waals surface area contributed by atoms with E-state index in [1.165, 1.54) is 0 Å². The predicted molar refractivity (Wildman–Crippen MR) is 103 cm³/mol. The first-order valence-electron chi connectivity index (χ1n) is 8.76. The summed E-state index contributed by atoms with van der Waals surface area (Å²) in [5.41, 5.74) is 9.39. The molecular formula is C21H24N2O2. The van der Waals surface area contributed by atoms with Crippen LogP contribution in [0.5, 0.6) is 5.75 Å². The lowest BCUT2D eigenvalue weighted by Gasteiger charge is -2.30. The van der Waals surface area contributed by atoms with E-state index < -0.39 is 0 Å². The van der Waals surface area contributed by atoms with Crippen molar-refractivity contribution in [2.45, 2.75) is 33.1 Å². The summed E-state index contributed by atoms with van der Waals surface area (Å²) in [6, 6.07) is 13.4. The lowest BCUT2D eigenvalue weighted by Crippen LogP contribution is -2.38. The third kappa shape index (κ3) is 3.85. The fourth-order valence-electron chi connectivity index (χ4n) is 2.98. The van der Waals surface area contributed by atoms with Crippen LogP contribution in [0.25, 0.3) is 6.08 Å². The van der Waals surface area contributed by atoms with Gasteiger partial charge in [0.1, 0.15) is 0 Å². The number of aryl methyl sites for hydroxylation is 1. The summed E-state index contributed by atoms with van der Waals surface area (Å²) in [5.74, 6) is 0.902. The minimum atomic E-state index is -0.115. The van der Waals surface area contributed by atoms with Crippen LogP contribution in [0.2, 0.25) is 0 Å². The molecule has 0 radical (unpaired) electrons. The van der Waals surface area contributed by atoms with Crippen LogP contribution in [0.3, 0.4) is 0 Å². The van der Waals surface area contributed by atoms with Crippen LogP contribution in [0.15, 0.2) is 48.2 Å². The first-order valence-corrected chi connectivity index (χ1v) is 8.76. The van der Waals surface area contributed by atoms with Gasteiger partial charge in [-0.15, -0.1) is 0 Å². The molecule has 0 unspecified atom stereocenters. The molecule has 4 nitrogen and oxygen atoms in total. The number of nitrogen functional groups attached to an aromatic ring is 1. The molecule has 1 heterocycles. The van der Waals surface area contributed by atoms with Gasteiger partial charge in [-0.05, 0) is 43.2 Å². The maximum Gasteiger partial charge on any atom is 0.294 e. The van der Waals surface area contributed by atoms with E-state index in [1.54, 1.807) is 17.0 Å². The molecule has 0 saturated heterocycles. The van der Waals surface area contributed by atoms with Crippen LogP contribution in [-0.2, 0) is 4.79 Å². The minimum absolute atomic E-state index is 0.115. The topological polar surface area (TPSA) is 55.6 Å². The standard InChI is InChI=1S/C21H24N2O2/c1-3-4-5-11-23-18-14-17(22)9-10-19(18)25-20(21(23)24)13-16-8-6-7-15(2)12-16/h6-10,12-14H,3-5,11,22H2,1-2H3/b20-13+. The Morgan fingerprint density at radius 2 is 2.00 bits per heavy atom. The third-order valence-electron chi connectivity index (χ3n) is 4.27. The average Bonchev–Trinajstić information content (AvgIpc) is 2.58.